The highest BCUT2D eigenvalue weighted by Gasteiger charge is 2.08. The molecule has 0 saturated heterocycles. The molecule has 2 rings (SSSR count). The first-order chi connectivity index (χ1) is 9.20. The van der Waals surface area contributed by atoms with Crippen molar-refractivity contribution in [3.63, 3.8) is 0 Å². The van der Waals surface area contributed by atoms with Crippen LogP contribution >= 0.6 is 11.3 Å². The number of aromatic nitrogens is 1. The van der Waals surface area contributed by atoms with Gasteiger partial charge in [0.25, 0.3) is 6.43 Å². The molecular formula is C14H16F2N2S. The molecule has 0 unspecified atom stereocenters. The van der Waals surface area contributed by atoms with Crippen molar-refractivity contribution >= 4 is 11.3 Å². The molecular weight excluding hydrogens is 266 g/mol. The van der Waals surface area contributed by atoms with Crippen LogP contribution in [-0.2, 0) is 6.54 Å². The third kappa shape index (κ3) is 3.81. The van der Waals surface area contributed by atoms with E-state index >= 15 is 0 Å². The number of nitrogens with zero attached hydrogens (tertiary/aromatic N) is 1. The van der Waals surface area contributed by atoms with Crippen LogP contribution in [0.5, 0.6) is 0 Å². The summed E-state index contributed by atoms with van der Waals surface area (Å²) in [6, 6.07) is 6.31. The average molecular weight is 282 g/mol. The second-order valence-electron chi connectivity index (χ2n) is 4.24. The van der Waals surface area contributed by atoms with Gasteiger partial charge in [-0.3, -0.25) is 0 Å². The Morgan fingerprint density at radius 3 is 2.63 bits per heavy atom. The van der Waals surface area contributed by atoms with Crippen molar-refractivity contribution < 1.29 is 8.78 Å². The molecule has 5 heteroatoms. The van der Waals surface area contributed by atoms with Gasteiger partial charge in [0.05, 0.1) is 5.69 Å². The van der Waals surface area contributed by atoms with E-state index in [0.717, 1.165) is 35.8 Å². The summed E-state index contributed by atoms with van der Waals surface area (Å²) in [5, 5.41) is 6.15. The van der Waals surface area contributed by atoms with Gasteiger partial charge in [0.2, 0.25) is 0 Å². The Morgan fingerprint density at radius 1 is 1.26 bits per heavy atom. The van der Waals surface area contributed by atoms with Crippen molar-refractivity contribution in [2.45, 2.75) is 26.3 Å². The fourth-order valence-corrected chi connectivity index (χ4v) is 2.51. The summed E-state index contributed by atoms with van der Waals surface area (Å²) < 4.78 is 24.9. The van der Waals surface area contributed by atoms with E-state index in [-0.39, 0.29) is 5.56 Å². The number of thiazole rings is 1. The largest absolute Gasteiger partial charge is 0.311 e. The first kappa shape index (κ1) is 14.1. The molecule has 1 heterocycles. The minimum atomic E-state index is -2.42. The van der Waals surface area contributed by atoms with E-state index < -0.39 is 6.43 Å². The molecule has 0 radical (unpaired) electrons. The molecule has 1 N–H and O–H groups in total. The maximum absolute atomic E-state index is 12.5. The summed E-state index contributed by atoms with van der Waals surface area (Å²) in [5.74, 6) is 0. The fourth-order valence-electron chi connectivity index (χ4n) is 1.69. The van der Waals surface area contributed by atoms with E-state index in [1.165, 1.54) is 23.5 Å². The van der Waals surface area contributed by atoms with Crippen LogP contribution in [0.25, 0.3) is 10.6 Å². The summed E-state index contributed by atoms with van der Waals surface area (Å²) >= 11 is 1.54. The van der Waals surface area contributed by atoms with Gasteiger partial charge >= 0.3 is 0 Å². The smallest absolute Gasteiger partial charge is 0.263 e. The summed E-state index contributed by atoms with van der Waals surface area (Å²) in [6.07, 6.45) is -1.33. The van der Waals surface area contributed by atoms with Gasteiger partial charge in [0.1, 0.15) is 5.01 Å². The zero-order valence-corrected chi connectivity index (χ0v) is 11.5. The van der Waals surface area contributed by atoms with Crippen LogP contribution in [0.2, 0.25) is 0 Å². The second kappa shape index (κ2) is 6.73. The van der Waals surface area contributed by atoms with Crippen LogP contribution in [0, 0.1) is 0 Å². The number of hydrogen-bond acceptors (Lipinski definition) is 3. The maximum Gasteiger partial charge on any atom is 0.263 e. The molecule has 0 aliphatic rings. The van der Waals surface area contributed by atoms with Gasteiger partial charge in [-0.15, -0.1) is 11.3 Å². The first-order valence-electron chi connectivity index (χ1n) is 6.24. The highest BCUT2D eigenvalue weighted by Crippen LogP contribution is 2.26. The third-order valence-electron chi connectivity index (χ3n) is 2.69. The second-order valence-corrected chi connectivity index (χ2v) is 5.10. The van der Waals surface area contributed by atoms with E-state index in [1.807, 2.05) is 5.38 Å². The quantitative estimate of drug-likeness (QED) is 0.801. The van der Waals surface area contributed by atoms with Crippen LogP contribution in [0.1, 0.15) is 31.0 Å². The van der Waals surface area contributed by atoms with Crippen LogP contribution in [0.3, 0.4) is 0 Å². The predicted molar refractivity (Wildman–Crippen MR) is 74.5 cm³/mol. The number of alkyl halides is 2. The minimum absolute atomic E-state index is 0.0464. The monoisotopic (exact) mass is 282 g/mol. The Balaban J connectivity index is 2.05. The Morgan fingerprint density at radius 2 is 2.00 bits per heavy atom. The molecule has 19 heavy (non-hydrogen) atoms. The molecule has 102 valence electrons. The number of nitrogens with one attached hydrogen (secondary N) is 1. The maximum atomic E-state index is 12.5. The molecule has 2 nitrogen and oxygen atoms in total. The molecule has 0 aliphatic carbocycles. The SMILES string of the molecule is CCCNCc1csc(-c2ccc(C(F)F)cc2)n1. The Bertz CT molecular complexity index is 508. The molecule has 0 bridgehead atoms. The standard InChI is InChI=1S/C14H16F2N2S/c1-2-7-17-8-12-9-19-14(18-12)11-5-3-10(4-6-11)13(15)16/h3-6,9,13,17H,2,7-8H2,1H3. The van der Waals surface area contributed by atoms with Gasteiger partial charge in [-0.2, -0.15) is 0 Å². The van der Waals surface area contributed by atoms with E-state index in [9.17, 15) is 8.78 Å². The Labute approximate surface area is 115 Å². The van der Waals surface area contributed by atoms with Crippen molar-refractivity contribution in [2.24, 2.45) is 0 Å². The lowest BCUT2D eigenvalue weighted by Gasteiger charge is -2.01. The summed E-state index contributed by atoms with van der Waals surface area (Å²) in [6.45, 7) is 3.83. The number of hydrogen-bond donors (Lipinski definition) is 1. The molecule has 0 spiro atoms. The number of benzene rings is 1. The molecule has 2 aromatic rings. The Kier molecular flexibility index (Phi) is 4.99. The molecule has 0 amide bonds. The van der Waals surface area contributed by atoms with Gasteiger partial charge in [-0.05, 0) is 13.0 Å². The molecule has 0 saturated carbocycles. The number of halogens is 2. The minimum Gasteiger partial charge on any atom is -0.311 e. The van der Waals surface area contributed by atoms with Gasteiger partial charge in [-0.25, -0.2) is 13.8 Å². The van der Waals surface area contributed by atoms with Crippen molar-refractivity contribution in [1.29, 1.82) is 0 Å². The lowest BCUT2D eigenvalue weighted by Crippen LogP contribution is -2.13. The highest BCUT2D eigenvalue weighted by atomic mass is 32.1. The van der Waals surface area contributed by atoms with Crippen molar-refractivity contribution in [2.75, 3.05) is 6.54 Å². The third-order valence-corrected chi connectivity index (χ3v) is 3.63. The first-order valence-corrected chi connectivity index (χ1v) is 7.12. The zero-order chi connectivity index (χ0) is 13.7. The molecule has 0 atom stereocenters. The lowest BCUT2D eigenvalue weighted by atomic mass is 10.1. The van der Waals surface area contributed by atoms with E-state index in [4.69, 9.17) is 0 Å². The summed E-state index contributed by atoms with van der Waals surface area (Å²) in [7, 11) is 0. The highest BCUT2D eigenvalue weighted by molar-refractivity contribution is 7.13. The van der Waals surface area contributed by atoms with E-state index in [2.05, 4.69) is 17.2 Å². The lowest BCUT2D eigenvalue weighted by molar-refractivity contribution is 0.151. The fraction of sp³-hybridized carbons (Fsp3) is 0.357. The van der Waals surface area contributed by atoms with E-state index in [0.29, 0.717) is 0 Å². The zero-order valence-electron chi connectivity index (χ0n) is 10.7. The number of rotatable bonds is 6. The van der Waals surface area contributed by atoms with Gasteiger partial charge in [0, 0.05) is 23.1 Å². The van der Waals surface area contributed by atoms with Crippen LogP contribution in [0.4, 0.5) is 8.78 Å². The molecule has 1 aromatic carbocycles. The Hall–Kier alpha value is -1.33. The average Bonchev–Trinajstić information content (AvgIpc) is 2.88. The van der Waals surface area contributed by atoms with Crippen LogP contribution < -0.4 is 5.32 Å². The normalized spacial score (nSPS) is 11.2. The molecule has 0 aliphatic heterocycles. The summed E-state index contributed by atoms with van der Waals surface area (Å²) in [4.78, 5) is 4.50. The van der Waals surface area contributed by atoms with Crippen molar-refractivity contribution in [1.82, 2.24) is 10.3 Å². The van der Waals surface area contributed by atoms with Gasteiger partial charge in [-0.1, -0.05) is 31.2 Å². The van der Waals surface area contributed by atoms with Crippen LogP contribution in [0.15, 0.2) is 29.6 Å². The predicted octanol–water partition coefficient (Wildman–Crippen LogP) is 4.25. The molecule has 0 fully saturated rings. The molecule has 1 aromatic heterocycles. The summed E-state index contributed by atoms with van der Waals surface area (Å²) in [5.41, 5.74) is 1.92. The van der Waals surface area contributed by atoms with Gasteiger partial charge in [0.15, 0.2) is 0 Å². The van der Waals surface area contributed by atoms with Crippen LogP contribution in [-0.4, -0.2) is 11.5 Å². The van der Waals surface area contributed by atoms with Crippen molar-refractivity contribution in [3.05, 3.63) is 40.9 Å². The van der Waals surface area contributed by atoms with Crippen molar-refractivity contribution in [3.8, 4) is 10.6 Å². The van der Waals surface area contributed by atoms with E-state index in [1.54, 1.807) is 12.1 Å². The topological polar surface area (TPSA) is 24.9 Å². The van der Waals surface area contributed by atoms with Gasteiger partial charge < -0.3 is 5.32 Å².